The van der Waals surface area contributed by atoms with Gasteiger partial charge in [0.05, 0.1) is 11.0 Å². The fourth-order valence-electron chi connectivity index (χ4n) is 2.04. The summed E-state index contributed by atoms with van der Waals surface area (Å²) in [7, 11) is 0. The van der Waals surface area contributed by atoms with Crippen LogP contribution in [-0.4, -0.2) is 9.55 Å². The van der Waals surface area contributed by atoms with Crippen molar-refractivity contribution < 1.29 is 0 Å². The number of fused-ring (bicyclic) bond motifs is 1. The lowest BCUT2D eigenvalue weighted by Crippen LogP contribution is -2.07. The molecule has 0 spiro atoms. The molecule has 16 heavy (non-hydrogen) atoms. The minimum absolute atomic E-state index is 0.440. The second-order valence-corrected chi connectivity index (χ2v) is 5.81. The van der Waals surface area contributed by atoms with Gasteiger partial charge in [0, 0.05) is 11.6 Å². The molecule has 2 aromatic rings. The minimum atomic E-state index is 0.440. The number of benzene rings is 1. The normalized spacial score (nSPS) is 17.9. The quantitative estimate of drug-likeness (QED) is 0.797. The van der Waals surface area contributed by atoms with E-state index in [-0.39, 0.29) is 0 Å². The van der Waals surface area contributed by atoms with Crippen LogP contribution >= 0.6 is 23.8 Å². The van der Waals surface area contributed by atoms with E-state index >= 15 is 0 Å². The van der Waals surface area contributed by atoms with Gasteiger partial charge in [0.25, 0.3) is 0 Å². The lowest BCUT2D eigenvalue weighted by molar-refractivity contribution is 0.469. The highest BCUT2D eigenvalue weighted by molar-refractivity contribution is 7.71. The van der Waals surface area contributed by atoms with Crippen LogP contribution in [0.1, 0.15) is 19.8 Å². The molecular formula is C12H13ClN2S. The molecule has 0 bridgehead atoms. The van der Waals surface area contributed by atoms with E-state index in [1.807, 2.05) is 18.2 Å². The van der Waals surface area contributed by atoms with Crippen LogP contribution in [-0.2, 0) is 6.54 Å². The van der Waals surface area contributed by atoms with Crippen LogP contribution in [0.5, 0.6) is 0 Å². The van der Waals surface area contributed by atoms with Gasteiger partial charge < -0.3 is 9.55 Å². The lowest BCUT2D eigenvalue weighted by atomic mass is 10.1. The van der Waals surface area contributed by atoms with Crippen LogP contribution in [0, 0.1) is 10.2 Å². The van der Waals surface area contributed by atoms with E-state index in [2.05, 4.69) is 16.5 Å². The van der Waals surface area contributed by atoms with Crippen molar-refractivity contribution in [3.8, 4) is 0 Å². The van der Waals surface area contributed by atoms with E-state index in [1.165, 1.54) is 12.8 Å². The smallest absolute Gasteiger partial charge is 0.178 e. The Labute approximate surface area is 104 Å². The standard InChI is InChI=1S/C12H13ClN2S/c1-12(4-5-12)7-15-10-6-8(13)2-3-9(10)14-11(15)16/h2-3,6H,4-5,7H2,1H3,(H,14,16). The summed E-state index contributed by atoms with van der Waals surface area (Å²) in [5, 5.41) is 0.760. The largest absolute Gasteiger partial charge is 0.331 e. The molecule has 1 saturated carbocycles. The topological polar surface area (TPSA) is 20.7 Å². The summed E-state index contributed by atoms with van der Waals surface area (Å²) in [5.74, 6) is 0. The Morgan fingerprint density at radius 2 is 2.25 bits per heavy atom. The molecule has 1 aromatic heterocycles. The molecule has 0 atom stereocenters. The van der Waals surface area contributed by atoms with Crippen molar-refractivity contribution in [2.45, 2.75) is 26.3 Å². The zero-order valence-corrected chi connectivity index (χ0v) is 10.7. The van der Waals surface area contributed by atoms with Crippen LogP contribution in [0.15, 0.2) is 18.2 Å². The van der Waals surface area contributed by atoms with Gasteiger partial charge in [-0.1, -0.05) is 18.5 Å². The first kappa shape index (κ1) is 10.4. The monoisotopic (exact) mass is 252 g/mol. The number of hydrogen-bond donors (Lipinski definition) is 1. The van der Waals surface area contributed by atoms with Gasteiger partial charge in [0.1, 0.15) is 0 Å². The summed E-state index contributed by atoms with van der Waals surface area (Å²) in [4.78, 5) is 3.22. The van der Waals surface area contributed by atoms with Gasteiger partial charge in [-0.15, -0.1) is 0 Å². The molecule has 1 aliphatic carbocycles. The third-order valence-corrected chi connectivity index (χ3v) is 3.94. The van der Waals surface area contributed by atoms with Gasteiger partial charge in [0.2, 0.25) is 0 Å². The van der Waals surface area contributed by atoms with Gasteiger partial charge in [-0.25, -0.2) is 0 Å². The van der Waals surface area contributed by atoms with Crippen LogP contribution in [0.3, 0.4) is 0 Å². The Morgan fingerprint density at radius 3 is 2.94 bits per heavy atom. The predicted octanol–water partition coefficient (Wildman–Crippen LogP) is 4.15. The molecule has 1 heterocycles. The van der Waals surface area contributed by atoms with Gasteiger partial charge in [-0.05, 0) is 48.7 Å². The van der Waals surface area contributed by atoms with Crippen molar-refractivity contribution in [1.29, 1.82) is 0 Å². The highest BCUT2D eigenvalue weighted by Gasteiger charge is 2.37. The average Bonchev–Trinajstić information content (AvgIpc) is 2.88. The molecule has 0 unspecified atom stereocenters. The second-order valence-electron chi connectivity index (χ2n) is 4.99. The van der Waals surface area contributed by atoms with Gasteiger partial charge in [-0.2, -0.15) is 0 Å². The number of aromatic amines is 1. The van der Waals surface area contributed by atoms with Gasteiger partial charge in [0.15, 0.2) is 4.77 Å². The number of H-pyrrole nitrogens is 1. The van der Waals surface area contributed by atoms with Crippen LogP contribution in [0.4, 0.5) is 0 Å². The summed E-state index contributed by atoms with van der Waals surface area (Å²) < 4.78 is 2.97. The number of halogens is 1. The number of nitrogens with zero attached hydrogens (tertiary/aromatic N) is 1. The Morgan fingerprint density at radius 1 is 1.50 bits per heavy atom. The van der Waals surface area contributed by atoms with Crippen molar-refractivity contribution in [2.24, 2.45) is 5.41 Å². The van der Waals surface area contributed by atoms with E-state index in [4.69, 9.17) is 23.8 Å². The minimum Gasteiger partial charge on any atom is -0.331 e. The van der Waals surface area contributed by atoms with E-state index in [0.29, 0.717) is 5.41 Å². The molecule has 1 aromatic carbocycles. The molecule has 1 fully saturated rings. The number of hydrogen-bond acceptors (Lipinski definition) is 1. The number of imidazole rings is 1. The summed E-state index contributed by atoms with van der Waals surface area (Å²) >= 11 is 11.4. The van der Waals surface area contributed by atoms with Crippen molar-refractivity contribution in [1.82, 2.24) is 9.55 Å². The molecular weight excluding hydrogens is 240 g/mol. The third-order valence-electron chi connectivity index (χ3n) is 3.38. The Bertz CT molecular complexity index is 607. The average molecular weight is 253 g/mol. The fraction of sp³-hybridized carbons (Fsp3) is 0.417. The van der Waals surface area contributed by atoms with Crippen molar-refractivity contribution in [2.75, 3.05) is 0 Å². The van der Waals surface area contributed by atoms with E-state index in [9.17, 15) is 0 Å². The van der Waals surface area contributed by atoms with Crippen molar-refractivity contribution in [3.05, 3.63) is 28.0 Å². The summed E-state index contributed by atoms with van der Waals surface area (Å²) in [6.07, 6.45) is 2.59. The number of nitrogens with one attached hydrogen (secondary N) is 1. The number of aromatic nitrogens is 2. The van der Waals surface area contributed by atoms with Crippen LogP contribution < -0.4 is 0 Å². The number of rotatable bonds is 2. The first-order chi connectivity index (χ1) is 7.57. The lowest BCUT2D eigenvalue weighted by Gasteiger charge is -2.10. The van der Waals surface area contributed by atoms with Crippen molar-refractivity contribution in [3.63, 3.8) is 0 Å². The maximum absolute atomic E-state index is 6.03. The van der Waals surface area contributed by atoms with E-state index in [0.717, 1.165) is 27.4 Å². The molecule has 0 saturated heterocycles. The fourth-order valence-corrected chi connectivity index (χ4v) is 2.48. The summed E-state index contributed by atoms with van der Waals surface area (Å²) in [6, 6.07) is 5.85. The highest BCUT2D eigenvalue weighted by atomic mass is 35.5. The van der Waals surface area contributed by atoms with Gasteiger partial charge in [-0.3, -0.25) is 0 Å². The van der Waals surface area contributed by atoms with Crippen molar-refractivity contribution >= 4 is 34.9 Å². The first-order valence-electron chi connectivity index (χ1n) is 5.46. The predicted molar refractivity (Wildman–Crippen MR) is 69.5 cm³/mol. The third kappa shape index (κ3) is 1.68. The SMILES string of the molecule is CC1(Cn2c(=S)[nH]c3ccc(Cl)cc32)CC1. The molecule has 84 valence electrons. The Hall–Kier alpha value is -0.800. The molecule has 0 radical (unpaired) electrons. The molecule has 1 N–H and O–H groups in total. The van der Waals surface area contributed by atoms with Crippen LogP contribution in [0.25, 0.3) is 11.0 Å². The first-order valence-corrected chi connectivity index (χ1v) is 6.24. The zero-order chi connectivity index (χ0) is 11.3. The highest BCUT2D eigenvalue weighted by Crippen LogP contribution is 2.46. The zero-order valence-electron chi connectivity index (χ0n) is 9.09. The maximum Gasteiger partial charge on any atom is 0.178 e. The second kappa shape index (κ2) is 3.34. The molecule has 1 aliphatic rings. The molecule has 2 nitrogen and oxygen atoms in total. The molecule has 4 heteroatoms. The van der Waals surface area contributed by atoms with E-state index in [1.54, 1.807) is 0 Å². The maximum atomic E-state index is 6.03. The van der Waals surface area contributed by atoms with Crippen LogP contribution in [0.2, 0.25) is 5.02 Å². The van der Waals surface area contributed by atoms with Gasteiger partial charge >= 0.3 is 0 Å². The molecule has 0 amide bonds. The molecule has 3 rings (SSSR count). The van der Waals surface area contributed by atoms with E-state index < -0.39 is 0 Å². The summed E-state index contributed by atoms with van der Waals surface area (Å²) in [5.41, 5.74) is 2.62. The molecule has 0 aliphatic heterocycles. The summed E-state index contributed by atoms with van der Waals surface area (Å²) in [6.45, 7) is 3.30. The Kier molecular flexibility index (Phi) is 2.17. The Balaban J connectivity index is 2.17.